The van der Waals surface area contributed by atoms with Gasteiger partial charge in [0.05, 0.1) is 22.2 Å². The monoisotopic (exact) mass is 583 g/mol. The SMILES string of the molecule is CCO.Cc1ccc(S(=O)(=O)OCc2ccc(S(=O)(=O)CCC3CCN(C(=O)OC(C)(C)C)CC3)cc2)cc1. The van der Waals surface area contributed by atoms with E-state index in [1.54, 1.807) is 36.1 Å². The number of aryl methyl sites for hydroxylation is 1. The highest BCUT2D eigenvalue weighted by molar-refractivity contribution is 7.91. The number of aliphatic hydroxyl groups excluding tert-OH is 1. The van der Waals surface area contributed by atoms with Crippen molar-refractivity contribution in [3.8, 4) is 0 Å². The Bertz CT molecular complexity index is 1260. The van der Waals surface area contributed by atoms with E-state index < -0.39 is 25.6 Å². The van der Waals surface area contributed by atoms with Crippen LogP contribution in [-0.4, -0.2) is 64.0 Å². The molecule has 3 rings (SSSR count). The predicted octanol–water partition coefficient (Wildman–Crippen LogP) is 4.71. The number of hydrogen-bond acceptors (Lipinski definition) is 8. The number of amides is 1. The number of benzene rings is 2. The van der Waals surface area contributed by atoms with Gasteiger partial charge in [-0.2, -0.15) is 8.42 Å². The second-order valence-electron chi connectivity index (χ2n) is 10.5. The summed E-state index contributed by atoms with van der Waals surface area (Å²) in [6.45, 7) is 10.2. The first-order valence-corrected chi connectivity index (χ1v) is 16.1. The van der Waals surface area contributed by atoms with Crippen LogP contribution >= 0.6 is 0 Å². The molecule has 0 radical (unpaired) electrons. The first-order chi connectivity index (χ1) is 18.2. The van der Waals surface area contributed by atoms with Crippen molar-refractivity contribution in [3.63, 3.8) is 0 Å². The first-order valence-electron chi connectivity index (χ1n) is 13.0. The van der Waals surface area contributed by atoms with Gasteiger partial charge in [-0.1, -0.05) is 29.8 Å². The lowest BCUT2D eigenvalue weighted by molar-refractivity contribution is 0.0183. The van der Waals surface area contributed by atoms with Crippen LogP contribution in [0.4, 0.5) is 4.79 Å². The van der Waals surface area contributed by atoms with Gasteiger partial charge in [-0.25, -0.2) is 13.2 Å². The Morgan fingerprint density at radius 2 is 1.46 bits per heavy atom. The highest BCUT2D eigenvalue weighted by Crippen LogP contribution is 2.25. The maximum absolute atomic E-state index is 12.8. The van der Waals surface area contributed by atoms with Gasteiger partial charge in [0.2, 0.25) is 0 Å². The average Bonchev–Trinajstić information content (AvgIpc) is 2.87. The first kappa shape index (κ1) is 32.7. The largest absolute Gasteiger partial charge is 0.444 e. The summed E-state index contributed by atoms with van der Waals surface area (Å²) >= 11 is 0. The van der Waals surface area contributed by atoms with Crippen molar-refractivity contribution in [2.24, 2.45) is 5.92 Å². The average molecular weight is 584 g/mol. The van der Waals surface area contributed by atoms with Crippen LogP contribution in [0.15, 0.2) is 58.3 Å². The van der Waals surface area contributed by atoms with Crippen molar-refractivity contribution in [3.05, 3.63) is 59.7 Å². The highest BCUT2D eigenvalue weighted by Gasteiger charge is 2.28. The number of ether oxygens (including phenoxy) is 1. The lowest BCUT2D eigenvalue weighted by Crippen LogP contribution is -2.41. The van der Waals surface area contributed by atoms with Crippen LogP contribution < -0.4 is 0 Å². The minimum Gasteiger partial charge on any atom is -0.444 e. The molecule has 0 aliphatic carbocycles. The number of piperidine rings is 1. The Labute approximate surface area is 233 Å². The van der Waals surface area contributed by atoms with Gasteiger partial charge in [0.1, 0.15) is 5.60 Å². The molecular weight excluding hydrogens is 542 g/mol. The molecule has 39 heavy (non-hydrogen) atoms. The van der Waals surface area contributed by atoms with E-state index in [0.29, 0.717) is 25.1 Å². The van der Waals surface area contributed by atoms with E-state index in [0.717, 1.165) is 18.4 Å². The molecule has 218 valence electrons. The molecule has 0 bridgehead atoms. The van der Waals surface area contributed by atoms with Crippen molar-refractivity contribution in [1.29, 1.82) is 0 Å². The molecule has 0 unspecified atom stereocenters. The summed E-state index contributed by atoms with van der Waals surface area (Å²) in [5.41, 5.74) is 0.954. The smallest absolute Gasteiger partial charge is 0.410 e. The highest BCUT2D eigenvalue weighted by atomic mass is 32.2. The summed E-state index contributed by atoms with van der Waals surface area (Å²) < 4.78 is 60.9. The topological polar surface area (TPSA) is 127 Å². The number of carbonyl (C=O) groups excluding carboxylic acids is 1. The molecule has 11 heteroatoms. The Balaban J connectivity index is 0.00000170. The molecule has 0 spiro atoms. The van der Waals surface area contributed by atoms with Crippen molar-refractivity contribution >= 4 is 26.0 Å². The lowest BCUT2D eigenvalue weighted by Gasteiger charge is -2.33. The fraction of sp³-hybridized carbons (Fsp3) is 0.536. The van der Waals surface area contributed by atoms with E-state index in [9.17, 15) is 21.6 Å². The zero-order valence-corrected chi connectivity index (χ0v) is 25.1. The predicted molar refractivity (Wildman–Crippen MR) is 150 cm³/mol. The maximum atomic E-state index is 12.8. The lowest BCUT2D eigenvalue weighted by atomic mass is 9.95. The van der Waals surface area contributed by atoms with Crippen LogP contribution in [0, 0.1) is 12.8 Å². The van der Waals surface area contributed by atoms with Crippen molar-refractivity contribution in [2.75, 3.05) is 25.4 Å². The van der Waals surface area contributed by atoms with Crippen molar-refractivity contribution < 1.29 is 35.7 Å². The number of hydrogen-bond donors (Lipinski definition) is 1. The van der Waals surface area contributed by atoms with Gasteiger partial charge < -0.3 is 14.7 Å². The number of sulfone groups is 1. The molecule has 9 nitrogen and oxygen atoms in total. The molecule has 0 atom stereocenters. The molecule has 1 aliphatic rings. The minimum absolute atomic E-state index is 0.0156. The summed E-state index contributed by atoms with van der Waals surface area (Å²) in [5.74, 6) is 0.236. The normalized spacial score (nSPS) is 14.9. The van der Waals surface area contributed by atoms with E-state index >= 15 is 0 Å². The summed E-state index contributed by atoms with van der Waals surface area (Å²) in [7, 11) is -7.39. The van der Waals surface area contributed by atoms with E-state index in [1.807, 2.05) is 27.7 Å². The third-order valence-electron chi connectivity index (χ3n) is 6.03. The molecule has 1 N–H and O–H groups in total. The summed E-state index contributed by atoms with van der Waals surface area (Å²) in [6, 6.07) is 12.5. The Kier molecular flexibility index (Phi) is 12.0. The molecule has 0 saturated carbocycles. The molecule has 1 amide bonds. The van der Waals surface area contributed by atoms with Crippen LogP contribution in [0.2, 0.25) is 0 Å². The number of carbonyl (C=O) groups is 1. The second kappa shape index (κ2) is 14.2. The number of rotatable bonds is 8. The van der Waals surface area contributed by atoms with E-state index in [2.05, 4.69) is 0 Å². The van der Waals surface area contributed by atoms with Gasteiger partial charge in [0, 0.05) is 19.7 Å². The van der Waals surface area contributed by atoms with Gasteiger partial charge in [-0.05, 0) is 89.6 Å². The zero-order valence-electron chi connectivity index (χ0n) is 23.4. The number of nitrogens with zero attached hydrogens (tertiary/aromatic N) is 1. The van der Waals surface area contributed by atoms with Gasteiger partial charge in [0.15, 0.2) is 9.84 Å². The van der Waals surface area contributed by atoms with Gasteiger partial charge in [-0.3, -0.25) is 4.18 Å². The molecule has 1 heterocycles. The quantitative estimate of drug-likeness (QED) is 0.443. The van der Waals surface area contributed by atoms with Crippen LogP contribution in [0.3, 0.4) is 0 Å². The van der Waals surface area contributed by atoms with Gasteiger partial charge >= 0.3 is 6.09 Å². The standard InChI is InChI=1S/C26H35NO7S2.C2H6O/c1-20-5-9-24(10-6-20)36(31,32)33-19-22-7-11-23(12-8-22)35(29,30)18-15-21-13-16-27(17-14-21)25(28)34-26(2,3)4;1-2-3/h5-12,21H,13-19H2,1-4H3;3H,2H2,1H3. The number of likely N-dealkylation sites (tertiary alicyclic amines) is 1. The summed E-state index contributed by atoms with van der Waals surface area (Å²) in [6.07, 6.45) is 1.66. The van der Waals surface area contributed by atoms with Gasteiger partial charge in [0.25, 0.3) is 10.1 Å². The molecule has 1 saturated heterocycles. The Hall–Kier alpha value is -2.47. The Morgan fingerprint density at radius 3 is 1.97 bits per heavy atom. The molecule has 1 aliphatic heterocycles. The van der Waals surface area contributed by atoms with Crippen molar-refractivity contribution in [2.45, 2.75) is 75.9 Å². The third-order valence-corrected chi connectivity index (χ3v) is 9.08. The van der Waals surface area contributed by atoms with Crippen LogP contribution in [0.25, 0.3) is 0 Å². The third kappa shape index (κ3) is 10.9. The van der Waals surface area contributed by atoms with Gasteiger partial charge in [-0.15, -0.1) is 0 Å². The maximum Gasteiger partial charge on any atom is 0.410 e. The van der Waals surface area contributed by atoms with Crippen LogP contribution in [0.1, 0.15) is 58.1 Å². The second-order valence-corrected chi connectivity index (χ2v) is 14.2. The fourth-order valence-corrected chi connectivity index (χ4v) is 6.21. The van der Waals surface area contributed by atoms with E-state index in [-0.39, 0.29) is 40.8 Å². The summed E-state index contributed by atoms with van der Waals surface area (Å²) in [5, 5.41) is 7.57. The molecule has 1 fully saturated rings. The van der Waals surface area contributed by atoms with Crippen LogP contribution in [0.5, 0.6) is 0 Å². The number of aliphatic hydroxyl groups is 1. The zero-order chi connectivity index (χ0) is 29.3. The minimum atomic E-state index is -3.90. The van der Waals surface area contributed by atoms with Crippen LogP contribution in [-0.2, 0) is 35.5 Å². The fourth-order valence-electron chi connectivity index (χ4n) is 3.88. The van der Waals surface area contributed by atoms with Crippen molar-refractivity contribution in [1.82, 2.24) is 4.90 Å². The molecule has 0 aromatic heterocycles. The van der Waals surface area contributed by atoms with E-state index in [4.69, 9.17) is 14.0 Å². The molecule has 2 aromatic rings. The van der Waals surface area contributed by atoms with E-state index in [1.165, 1.54) is 24.3 Å². The summed E-state index contributed by atoms with van der Waals surface area (Å²) in [4.78, 5) is 14.1. The Morgan fingerprint density at radius 1 is 0.949 bits per heavy atom. The molecular formula is C28H41NO8S2. The molecule has 2 aromatic carbocycles.